The Bertz CT molecular complexity index is 348. The molecule has 2 rings (SSSR count). The summed E-state index contributed by atoms with van der Waals surface area (Å²) >= 11 is 3.47. The Morgan fingerprint density at radius 1 is 1.62 bits per heavy atom. The molecule has 0 spiro atoms. The van der Waals surface area contributed by atoms with Crippen molar-refractivity contribution in [2.75, 3.05) is 26.7 Å². The number of rotatable bonds is 2. The second-order valence-electron chi connectivity index (χ2n) is 4.20. The summed E-state index contributed by atoms with van der Waals surface area (Å²) in [4.78, 5) is 2.23. The van der Waals surface area contributed by atoms with Gasteiger partial charge in [-0.25, -0.2) is 0 Å². The number of aromatic nitrogens is 2. The Morgan fingerprint density at radius 2 is 2.38 bits per heavy atom. The van der Waals surface area contributed by atoms with E-state index in [1.165, 1.54) is 0 Å². The van der Waals surface area contributed by atoms with Gasteiger partial charge in [0.15, 0.2) is 0 Å². The molecule has 6 heteroatoms. The molecule has 1 aliphatic heterocycles. The first-order valence-electron chi connectivity index (χ1n) is 5.32. The van der Waals surface area contributed by atoms with Gasteiger partial charge in [-0.1, -0.05) is 0 Å². The summed E-state index contributed by atoms with van der Waals surface area (Å²) in [5.74, 6) is 0. The van der Waals surface area contributed by atoms with Crippen molar-refractivity contribution in [1.29, 1.82) is 0 Å². The summed E-state index contributed by atoms with van der Waals surface area (Å²) in [6.45, 7) is 2.57. The van der Waals surface area contributed by atoms with Crippen LogP contribution < -0.4 is 5.73 Å². The van der Waals surface area contributed by atoms with Gasteiger partial charge >= 0.3 is 0 Å². The van der Waals surface area contributed by atoms with Crippen LogP contribution in [-0.4, -0.2) is 47.5 Å². The maximum atomic E-state index is 6.24. The molecule has 2 atom stereocenters. The predicted molar refractivity (Wildman–Crippen MR) is 65.1 cm³/mol. The highest BCUT2D eigenvalue weighted by Gasteiger charge is 2.28. The van der Waals surface area contributed by atoms with Crippen molar-refractivity contribution in [3.8, 4) is 0 Å². The first-order chi connectivity index (χ1) is 7.59. The van der Waals surface area contributed by atoms with E-state index in [0.29, 0.717) is 0 Å². The lowest BCUT2D eigenvalue weighted by Gasteiger charge is -2.33. The number of halogens is 1. The Morgan fingerprint density at radius 3 is 2.94 bits per heavy atom. The second kappa shape index (κ2) is 4.83. The van der Waals surface area contributed by atoms with Crippen molar-refractivity contribution in [3.05, 3.63) is 16.4 Å². The number of nitrogens with zero attached hydrogens (tertiary/aromatic N) is 3. The molecule has 1 aromatic heterocycles. The summed E-state index contributed by atoms with van der Waals surface area (Å²) in [6.07, 6.45) is 1.80. The van der Waals surface area contributed by atoms with E-state index in [-0.39, 0.29) is 12.1 Å². The molecule has 1 saturated heterocycles. The molecule has 16 heavy (non-hydrogen) atoms. The molecule has 0 bridgehead atoms. The Labute approximate surface area is 104 Å². The summed E-state index contributed by atoms with van der Waals surface area (Å²) in [6, 6.07) is -0.148. The van der Waals surface area contributed by atoms with E-state index in [4.69, 9.17) is 10.5 Å². The number of likely N-dealkylation sites (N-methyl/N-ethyl adjacent to an activating group) is 1. The highest BCUT2D eigenvalue weighted by molar-refractivity contribution is 9.10. The fourth-order valence-corrected chi connectivity index (χ4v) is 2.61. The van der Waals surface area contributed by atoms with E-state index in [0.717, 1.165) is 29.9 Å². The normalized spacial score (nSPS) is 24.6. The van der Waals surface area contributed by atoms with E-state index >= 15 is 0 Å². The minimum absolute atomic E-state index is 0.0328. The fraction of sp³-hybridized carbons (Fsp3) is 0.700. The molecule has 0 saturated carbocycles. The molecule has 5 nitrogen and oxygen atoms in total. The molecule has 0 aliphatic carbocycles. The SMILES string of the molecule is CN1CCOC(C(N)c2c(Br)cnn2C)C1. The Kier molecular flexibility index (Phi) is 3.63. The summed E-state index contributed by atoms with van der Waals surface area (Å²) in [5, 5.41) is 4.17. The molecule has 0 aromatic carbocycles. The van der Waals surface area contributed by atoms with Crippen LogP contribution in [0.3, 0.4) is 0 Å². The minimum Gasteiger partial charge on any atom is -0.374 e. The van der Waals surface area contributed by atoms with Crippen molar-refractivity contribution in [2.45, 2.75) is 12.1 Å². The zero-order valence-corrected chi connectivity index (χ0v) is 11.1. The molecule has 1 aromatic rings. The van der Waals surface area contributed by atoms with Crippen LogP contribution in [-0.2, 0) is 11.8 Å². The number of nitrogens with two attached hydrogens (primary N) is 1. The summed E-state index contributed by atoms with van der Waals surface area (Å²) in [5.41, 5.74) is 7.22. The van der Waals surface area contributed by atoms with Gasteiger partial charge < -0.3 is 15.4 Å². The zero-order valence-electron chi connectivity index (χ0n) is 9.56. The van der Waals surface area contributed by atoms with Gasteiger partial charge in [-0.3, -0.25) is 4.68 Å². The molecule has 2 heterocycles. The van der Waals surface area contributed by atoms with E-state index in [1.807, 2.05) is 7.05 Å². The standard InChI is InChI=1S/C10H17BrN4O/c1-14-3-4-16-8(6-14)9(12)10-7(11)5-13-15(10)2/h5,8-9H,3-4,6,12H2,1-2H3. The Balaban J connectivity index is 2.15. The molecule has 0 amide bonds. The molecule has 2 N–H and O–H groups in total. The van der Waals surface area contributed by atoms with Crippen molar-refractivity contribution >= 4 is 15.9 Å². The monoisotopic (exact) mass is 288 g/mol. The van der Waals surface area contributed by atoms with Gasteiger partial charge in [0, 0.05) is 20.1 Å². The van der Waals surface area contributed by atoms with Crippen LogP contribution in [0.25, 0.3) is 0 Å². The van der Waals surface area contributed by atoms with Crippen LogP contribution in [0, 0.1) is 0 Å². The van der Waals surface area contributed by atoms with E-state index in [1.54, 1.807) is 10.9 Å². The molecule has 1 fully saturated rings. The van der Waals surface area contributed by atoms with Crippen molar-refractivity contribution < 1.29 is 4.74 Å². The maximum Gasteiger partial charge on any atom is 0.0910 e. The van der Waals surface area contributed by atoms with E-state index < -0.39 is 0 Å². The third kappa shape index (κ3) is 2.29. The Hall–Kier alpha value is -0.430. The number of aryl methyl sites for hydroxylation is 1. The third-order valence-corrected chi connectivity index (χ3v) is 3.56. The fourth-order valence-electron chi connectivity index (χ4n) is 2.00. The van der Waals surface area contributed by atoms with Crippen LogP contribution in [0.15, 0.2) is 10.7 Å². The number of morpholine rings is 1. The highest BCUT2D eigenvalue weighted by Crippen LogP contribution is 2.25. The van der Waals surface area contributed by atoms with Gasteiger partial charge in [-0.15, -0.1) is 0 Å². The minimum atomic E-state index is -0.148. The zero-order chi connectivity index (χ0) is 11.7. The van der Waals surface area contributed by atoms with Crippen molar-refractivity contribution in [2.24, 2.45) is 12.8 Å². The summed E-state index contributed by atoms with van der Waals surface area (Å²) in [7, 11) is 3.98. The number of hydrogen-bond acceptors (Lipinski definition) is 4. The lowest BCUT2D eigenvalue weighted by Crippen LogP contribution is -2.45. The van der Waals surface area contributed by atoms with Crippen molar-refractivity contribution in [3.63, 3.8) is 0 Å². The van der Waals surface area contributed by atoms with Gasteiger partial charge in [0.25, 0.3) is 0 Å². The first-order valence-corrected chi connectivity index (χ1v) is 6.12. The first kappa shape index (κ1) is 12.0. The lowest BCUT2D eigenvalue weighted by molar-refractivity contribution is -0.0338. The van der Waals surface area contributed by atoms with E-state index in [2.05, 4.69) is 33.0 Å². The van der Waals surface area contributed by atoms with Crippen LogP contribution in [0.1, 0.15) is 11.7 Å². The molecule has 2 unspecified atom stereocenters. The molecular formula is C10H17BrN4O. The molecule has 1 aliphatic rings. The summed E-state index contributed by atoms with van der Waals surface area (Å²) < 4.78 is 8.46. The van der Waals surface area contributed by atoms with Gasteiger partial charge in [-0.05, 0) is 23.0 Å². The molecular weight excluding hydrogens is 272 g/mol. The largest absolute Gasteiger partial charge is 0.374 e. The van der Waals surface area contributed by atoms with Crippen LogP contribution in [0.2, 0.25) is 0 Å². The molecule has 0 radical (unpaired) electrons. The quantitative estimate of drug-likeness (QED) is 0.862. The van der Waals surface area contributed by atoms with Gasteiger partial charge in [0.2, 0.25) is 0 Å². The topological polar surface area (TPSA) is 56.3 Å². The second-order valence-corrected chi connectivity index (χ2v) is 5.05. The van der Waals surface area contributed by atoms with Crippen LogP contribution in [0.4, 0.5) is 0 Å². The van der Waals surface area contributed by atoms with Gasteiger partial charge in [-0.2, -0.15) is 5.10 Å². The predicted octanol–water partition coefficient (Wildman–Crippen LogP) is 0.513. The highest BCUT2D eigenvalue weighted by atomic mass is 79.9. The van der Waals surface area contributed by atoms with Crippen molar-refractivity contribution in [1.82, 2.24) is 14.7 Å². The average Bonchev–Trinajstić information content (AvgIpc) is 2.58. The maximum absolute atomic E-state index is 6.24. The van der Waals surface area contributed by atoms with Gasteiger partial charge in [0.05, 0.1) is 35.1 Å². The number of hydrogen-bond donors (Lipinski definition) is 1. The smallest absolute Gasteiger partial charge is 0.0910 e. The lowest BCUT2D eigenvalue weighted by atomic mass is 10.1. The van der Waals surface area contributed by atoms with Gasteiger partial charge in [0.1, 0.15) is 0 Å². The molecule has 90 valence electrons. The average molecular weight is 289 g/mol. The van der Waals surface area contributed by atoms with Crippen LogP contribution in [0.5, 0.6) is 0 Å². The van der Waals surface area contributed by atoms with E-state index in [9.17, 15) is 0 Å². The van der Waals surface area contributed by atoms with Crippen LogP contribution >= 0.6 is 15.9 Å². The third-order valence-electron chi connectivity index (χ3n) is 2.95. The number of ether oxygens (including phenoxy) is 1.